The van der Waals surface area contributed by atoms with Crippen LogP contribution in [0.2, 0.25) is 0 Å². The summed E-state index contributed by atoms with van der Waals surface area (Å²) in [6.07, 6.45) is -10.2. The molecule has 0 aliphatic rings. The Kier molecular flexibility index (Phi) is 7.51. The van der Waals surface area contributed by atoms with Crippen LogP contribution in [0.1, 0.15) is 6.42 Å². The van der Waals surface area contributed by atoms with Crippen molar-refractivity contribution in [1.82, 2.24) is 4.90 Å². The van der Waals surface area contributed by atoms with Crippen molar-refractivity contribution in [2.75, 3.05) is 0 Å². The van der Waals surface area contributed by atoms with E-state index in [1.165, 1.54) is 0 Å². The zero-order valence-corrected chi connectivity index (χ0v) is 11.5. The molecule has 0 aromatic rings. The molecular weight excluding hydrogens is 322 g/mol. The highest BCUT2D eigenvalue weighted by Gasteiger charge is 2.43. The van der Waals surface area contributed by atoms with Crippen molar-refractivity contribution in [3.05, 3.63) is 0 Å². The summed E-state index contributed by atoms with van der Waals surface area (Å²) in [6, 6.07) is -2.10. The highest BCUT2D eigenvalue weighted by molar-refractivity contribution is 5.81. The number of rotatable bonds is 10. The van der Waals surface area contributed by atoms with E-state index in [-0.39, 0.29) is 4.90 Å². The van der Waals surface area contributed by atoms with Crippen LogP contribution >= 0.6 is 0 Å². The minimum atomic E-state index is -2.42. The maximum atomic E-state index is 11.2. The van der Waals surface area contributed by atoms with Crippen LogP contribution in [0.25, 0.3) is 0 Å². The molecule has 0 saturated carbocycles. The van der Waals surface area contributed by atoms with E-state index in [0.29, 0.717) is 0 Å². The molecule has 0 aromatic carbocycles. The number of aliphatic hydroxyl groups excluding tert-OH is 2. The van der Waals surface area contributed by atoms with Gasteiger partial charge in [-0.2, -0.15) is 0 Å². The molecule has 0 rings (SSSR count). The highest BCUT2D eigenvalue weighted by Crippen LogP contribution is 2.15. The second-order valence-electron chi connectivity index (χ2n) is 4.45. The lowest BCUT2D eigenvalue weighted by molar-refractivity contribution is -0.166. The fourth-order valence-electron chi connectivity index (χ4n) is 1.72. The molecule has 0 spiro atoms. The van der Waals surface area contributed by atoms with Crippen LogP contribution in [0.15, 0.2) is 0 Å². The van der Waals surface area contributed by atoms with Crippen molar-refractivity contribution in [2.24, 2.45) is 11.5 Å². The Morgan fingerprint density at radius 3 is 1.35 bits per heavy atom. The van der Waals surface area contributed by atoms with Crippen molar-refractivity contribution in [3.63, 3.8) is 0 Å². The fourth-order valence-corrected chi connectivity index (χ4v) is 1.72. The minimum Gasteiger partial charge on any atom is -0.481 e. The fraction of sp³-hybridized carbons (Fsp3) is 0.600. The van der Waals surface area contributed by atoms with Gasteiger partial charge in [0.15, 0.2) is 12.2 Å². The molecule has 0 heterocycles. The van der Waals surface area contributed by atoms with E-state index in [9.17, 15) is 29.4 Å². The van der Waals surface area contributed by atoms with Crippen LogP contribution in [-0.2, 0) is 19.2 Å². The van der Waals surface area contributed by atoms with Gasteiger partial charge in [0.25, 0.3) is 0 Å². The molecule has 5 atom stereocenters. The lowest BCUT2D eigenvalue weighted by atomic mass is 10.1. The second kappa shape index (κ2) is 8.35. The van der Waals surface area contributed by atoms with Gasteiger partial charge < -0.3 is 42.1 Å². The van der Waals surface area contributed by atoms with Gasteiger partial charge in [-0.25, -0.2) is 9.59 Å². The first-order valence-electron chi connectivity index (χ1n) is 5.96. The van der Waals surface area contributed by atoms with Gasteiger partial charge in [0.2, 0.25) is 0 Å². The third-order valence-corrected chi connectivity index (χ3v) is 2.85. The maximum Gasteiger partial charge on any atom is 0.335 e. The number of hydrogen-bond donors (Lipinski definition) is 8. The molecular formula is C10H17N3O10. The number of nitrogens with two attached hydrogens (primary N) is 2. The summed E-state index contributed by atoms with van der Waals surface area (Å²) in [5.41, 5.74) is 10.7. The third kappa shape index (κ3) is 5.42. The molecule has 10 N–H and O–H groups in total. The van der Waals surface area contributed by atoms with Crippen molar-refractivity contribution in [3.8, 4) is 0 Å². The van der Waals surface area contributed by atoms with Crippen LogP contribution in [0.3, 0.4) is 0 Å². The normalized spacial score (nSPS) is 17.8. The molecule has 132 valence electrons. The number of hydrogen-bond acceptors (Lipinski definition) is 9. The van der Waals surface area contributed by atoms with E-state index in [2.05, 4.69) is 0 Å². The Morgan fingerprint density at radius 2 is 1.13 bits per heavy atom. The maximum absolute atomic E-state index is 11.2. The standard InChI is InChI=1S/C10H17N3O10/c11-6(4(16)9(20)21)13(7(12)5(17)10(22)23)2(8(18)19)1-3(14)15/h2,4-7,16-17H,1,11-12H2,(H,14,15)(H,18,19)(H,20,21)(H,22,23). The van der Waals surface area contributed by atoms with Crippen molar-refractivity contribution in [2.45, 2.75) is 37.0 Å². The summed E-state index contributed by atoms with van der Waals surface area (Å²) in [6.45, 7) is 0. The lowest BCUT2D eigenvalue weighted by Crippen LogP contribution is -2.67. The predicted molar refractivity (Wildman–Crippen MR) is 68.8 cm³/mol. The van der Waals surface area contributed by atoms with Crippen LogP contribution in [0, 0.1) is 0 Å². The summed E-state index contributed by atoms with van der Waals surface area (Å²) >= 11 is 0. The Balaban J connectivity index is 5.84. The molecule has 13 heteroatoms. The molecule has 0 amide bonds. The van der Waals surface area contributed by atoms with Crippen molar-refractivity contribution >= 4 is 23.9 Å². The third-order valence-electron chi connectivity index (χ3n) is 2.85. The number of carbonyl (C=O) groups is 4. The van der Waals surface area contributed by atoms with Gasteiger partial charge >= 0.3 is 23.9 Å². The molecule has 0 aliphatic carbocycles. The summed E-state index contributed by atoms with van der Waals surface area (Å²) in [7, 11) is 0. The molecule has 23 heavy (non-hydrogen) atoms. The number of aliphatic carboxylic acids is 4. The minimum absolute atomic E-state index is 0.216. The lowest BCUT2D eigenvalue weighted by Gasteiger charge is -2.39. The Bertz CT molecular complexity index is 458. The van der Waals surface area contributed by atoms with Gasteiger partial charge in [-0.05, 0) is 0 Å². The first kappa shape index (κ1) is 20.7. The van der Waals surface area contributed by atoms with Crippen molar-refractivity contribution < 1.29 is 49.8 Å². The molecule has 0 saturated heterocycles. The van der Waals surface area contributed by atoms with Gasteiger partial charge in [0, 0.05) is 0 Å². The largest absolute Gasteiger partial charge is 0.481 e. The van der Waals surface area contributed by atoms with Gasteiger partial charge in [-0.15, -0.1) is 0 Å². The van der Waals surface area contributed by atoms with Gasteiger partial charge in [-0.3, -0.25) is 14.5 Å². The Morgan fingerprint density at radius 1 is 0.783 bits per heavy atom. The van der Waals surface area contributed by atoms with Gasteiger partial charge in [-0.1, -0.05) is 0 Å². The van der Waals surface area contributed by atoms with E-state index in [4.69, 9.17) is 31.9 Å². The van der Waals surface area contributed by atoms with Gasteiger partial charge in [0.05, 0.1) is 18.8 Å². The van der Waals surface area contributed by atoms with E-state index >= 15 is 0 Å². The smallest absolute Gasteiger partial charge is 0.335 e. The predicted octanol–water partition coefficient (Wildman–Crippen LogP) is -4.32. The zero-order chi connectivity index (χ0) is 18.5. The number of carboxylic acid groups (broad SMARTS) is 4. The van der Waals surface area contributed by atoms with E-state index in [1.54, 1.807) is 0 Å². The van der Waals surface area contributed by atoms with Crippen molar-refractivity contribution in [1.29, 1.82) is 0 Å². The SMILES string of the molecule is NC(C(O)C(=O)O)N(C(CC(=O)O)C(=O)O)C(N)C(O)C(=O)O. The first-order chi connectivity index (χ1) is 10.4. The monoisotopic (exact) mass is 339 g/mol. The molecule has 0 fully saturated rings. The van der Waals surface area contributed by atoms with Gasteiger partial charge in [0.1, 0.15) is 6.04 Å². The zero-order valence-electron chi connectivity index (χ0n) is 11.5. The molecule has 5 unspecified atom stereocenters. The number of aliphatic hydroxyl groups is 2. The topological polar surface area (TPSA) is 245 Å². The Labute approximate surface area is 128 Å². The van der Waals surface area contributed by atoms with E-state index < -0.39 is 60.9 Å². The average Bonchev–Trinajstić information content (AvgIpc) is 2.43. The molecule has 13 nitrogen and oxygen atoms in total. The summed E-state index contributed by atoms with van der Waals surface area (Å²) in [5.74, 6) is -7.25. The highest BCUT2D eigenvalue weighted by atomic mass is 16.4. The van der Waals surface area contributed by atoms with E-state index in [0.717, 1.165) is 0 Å². The summed E-state index contributed by atoms with van der Waals surface area (Å²) in [5, 5.41) is 54.0. The molecule has 0 aliphatic heterocycles. The summed E-state index contributed by atoms with van der Waals surface area (Å²) in [4.78, 5) is 43.6. The summed E-state index contributed by atoms with van der Waals surface area (Å²) < 4.78 is 0. The number of carboxylic acids is 4. The van der Waals surface area contributed by atoms with Crippen LogP contribution in [0.4, 0.5) is 0 Å². The first-order valence-corrected chi connectivity index (χ1v) is 5.96. The molecule has 0 bridgehead atoms. The molecule has 0 aromatic heterocycles. The van der Waals surface area contributed by atoms with E-state index in [1.807, 2.05) is 0 Å². The van der Waals surface area contributed by atoms with Crippen LogP contribution < -0.4 is 11.5 Å². The van der Waals surface area contributed by atoms with Crippen LogP contribution in [-0.4, -0.2) is 90.0 Å². The Hall–Kier alpha value is -2.32. The average molecular weight is 339 g/mol. The number of nitrogens with zero attached hydrogens (tertiary/aromatic N) is 1. The molecule has 0 radical (unpaired) electrons. The quantitative estimate of drug-likeness (QED) is 0.176. The second-order valence-corrected chi connectivity index (χ2v) is 4.45. The van der Waals surface area contributed by atoms with Crippen LogP contribution in [0.5, 0.6) is 0 Å².